The van der Waals surface area contributed by atoms with Crippen molar-refractivity contribution >= 4 is 52.7 Å². The number of nitrogens with zero attached hydrogens (tertiary/aromatic N) is 2. The van der Waals surface area contributed by atoms with E-state index in [1.807, 2.05) is 6.08 Å². The number of aromatic hydroxyl groups is 1. The van der Waals surface area contributed by atoms with E-state index in [4.69, 9.17) is 16.3 Å². The Morgan fingerprint density at radius 1 is 0.958 bits per heavy atom. The number of phenolic OH excluding ortho intramolecular Hbond substituents is 1. The molecule has 3 heterocycles. The molecular weight excluding hydrogens is 635 g/mol. The van der Waals surface area contributed by atoms with Crippen LogP contribution in [-0.4, -0.2) is 28.7 Å². The minimum atomic E-state index is -1.30. The van der Waals surface area contributed by atoms with E-state index in [2.05, 4.69) is 6.58 Å². The molecule has 0 spiro atoms. The van der Waals surface area contributed by atoms with E-state index in [9.17, 15) is 28.7 Å². The number of allylic oxidation sites excluding steroid dienone is 3. The summed E-state index contributed by atoms with van der Waals surface area (Å²) in [4.78, 5) is 59.5. The van der Waals surface area contributed by atoms with Crippen molar-refractivity contribution in [3.8, 4) is 11.5 Å². The van der Waals surface area contributed by atoms with Gasteiger partial charge in [0.25, 0.3) is 0 Å². The van der Waals surface area contributed by atoms with Crippen LogP contribution in [0.4, 0.5) is 15.8 Å². The van der Waals surface area contributed by atoms with Crippen LogP contribution in [0.3, 0.4) is 0 Å². The van der Waals surface area contributed by atoms with Crippen LogP contribution in [0.15, 0.2) is 90.7 Å². The van der Waals surface area contributed by atoms with Crippen molar-refractivity contribution < 1.29 is 33.4 Å². The molecule has 48 heavy (non-hydrogen) atoms. The van der Waals surface area contributed by atoms with E-state index in [1.165, 1.54) is 23.1 Å². The molecule has 3 aromatic rings. The Morgan fingerprint density at radius 2 is 1.71 bits per heavy atom. The molecule has 6 atom stereocenters. The largest absolute Gasteiger partial charge is 0.508 e. The Balaban J connectivity index is 1.24. The zero-order chi connectivity index (χ0) is 33.6. The third-order valence-corrected chi connectivity index (χ3v) is 11.3. The zero-order valence-electron chi connectivity index (χ0n) is 25.9. The zero-order valence-corrected chi connectivity index (χ0v) is 26.6. The molecule has 0 radical (unpaired) electrons. The first-order chi connectivity index (χ1) is 23.0. The fraction of sp³-hybridized carbons (Fsp3) is 0.263. The number of halogens is 2. The van der Waals surface area contributed by atoms with Crippen LogP contribution >= 0.6 is 11.6 Å². The molecule has 3 fully saturated rings. The van der Waals surface area contributed by atoms with E-state index in [1.54, 1.807) is 55.7 Å². The Labute approximate surface area is 280 Å². The number of hydrogen-bond acceptors (Lipinski definition) is 6. The van der Waals surface area contributed by atoms with Gasteiger partial charge in [-0.3, -0.25) is 24.1 Å². The summed E-state index contributed by atoms with van der Waals surface area (Å²) < 4.78 is 20.2. The predicted molar refractivity (Wildman–Crippen MR) is 176 cm³/mol. The highest BCUT2D eigenvalue weighted by Gasteiger charge is 2.68. The second-order valence-corrected chi connectivity index (χ2v) is 13.8. The van der Waals surface area contributed by atoms with Crippen molar-refractivity contribution in [3.05, 3.63) is 113 Å². The van der Waals surface area contributed by atoms with Gasteiger partial charge in [-0.2, -0.15) is 0 Å². The second-order valence-electron chi connectivity index (χ2n) is 13.3. The molecule has 2 saturated heterocycles. The Kier molecular flexibility index (Phi) is 6.79. The van der Waals surface area contributed by atoms with Crippen molar-refractivity contribution in [2.24, 2.45) is 35.0 Å². The number of imide groups is 2. The van der Waals surface area contributed by atoms with Crippen molar-refractivity contribution in [2.75, 3.05) is 9.80 Å². The summed E-state index contributed by atoms with van der Waals surface area (Å²) in [5.41, 5.74) is 2.42. The quantitative estimate of drug-likeness (QED) is 0.249. The molecule has 8 rings (SSSR count). The maximum absolute atomic E-state index is 14.6. The van der Waals surface area contributed by atoms with Crippen LogP contribution < -0.4 is 14.5 Å². The molecule has 10 heteroatoms. The van der Waals surface area contributed by atoms with Crippen LogP contribution in [0.1, 0.15) is 30.9 Å². The fourth-order valence-electron chi connectivity index (χ4n) is 8.73. The Morgan fingerprint density at radius 3 is 2.44 bits per heavy atom. The van der Waals surface area contributed by atoms with E-state index >= 15 is 0 Å². The maximum Gasteiger partial charge on any atom is 0.241 e. The second kappa shape index (κ2) is 10.8. The average Bonchev–Trinajstić information content (AvgIpc) is 3.45. The van der Waals surface area contributed by atoms with Crippen molar-refractivity contribution in [1.29, 1.82) is 0 Å². The number of benzene rings is 3. The summed E-state index contributed by atoms with van der Waals surface area (Å²) in [5, 5.41) is 10.0. The number of phenols is 1. The topological polar surface area (TPSA) is 104 Å². The highest BCUT2D eigenvalue weighted by atomic mass is 35.5. The van der Waals surface area contributed by atoms with Crippen LogP contribution in [-0.2, 0) is 25.6 Å². The van der Waals surface area contributed by atoms with Gasteiger partial charge in [0, 0.05) is 17.9 Å². The first-order valence-electron chi connectivity index (χ1n) is 15.8. The molecule has 4 amide bonds. The van der Waals surface area contributed by atoms with Crippen LogP contribution in [0.5, 0.6) is 11.5 Å². The number of anilines is 2. The number of fused-ring (bicyclic) bond motifs is 5. The van der Waals surface area contributed by atoms with Crippen LogP contribution in [0.2, 0.25) is 5.02 Å². The lowest BCUT2D eigenvalue weighted by molar-refractivity contribution is -0.132. The molecule has 0 unspecified atom stereocenters. The smallest absolute Gasteiger partial charge is 0.241 e. The summed E-state index contributed by atoms with van der Waals surface area (Å²) >= 11 is 6.10. The summed E-state index contributed by atoms with van der Waals surface area (Å²) in [5.74, 6) is -5.02. The molecule has 1 N–H and O–H groups in total. The first kappa shape index (κ1) is 30.3. The lowest BCUT2D eigenvalue weighted by Gasteiger charge is -2.49. The molecular formula is C38H30ClFN2O6. The molecule has 8 nitrogen and oxygen atoms in total. The van der Waals surface area contributed by atoms with E-state index in [-0.39, 0.29) is 34.7 Å². The SMILES string of the molecule is C=Cc1ccc(N2C(=O)[C@H]3[C@H](CC=C4[C@H](C5=COc6ccc(O)cc6C5)[C@]5(C)C(=O)N(c6ccc(F)c(Cl)c6)C(=O)[C@@H]5C[C@H]43)C2=O)cc1. The van der Waals surface area contributed by atoms with Gasteiger partial charge in [-0.25, -0.2) is 9.29 Å². The standard InChI is InChI=1S/C38H30ClFN2O6/c1-3-19-4-6-22(7-5-19)41-34(44)26-11-10-25-27(32(26)36(41)46)17-28-35(45)42(23-8-12-30(40)29(39)16-23)37(47)38(28,2)33(25)21-14-20-15-24(43)9-13-31(20)48-18-21/h3-10,12-13,15-16,18,26-28,32-33,43H,1,11,14,17H2,2H3/t26-,27+,28-,32-,33-,38+/m0/s1. The van der Waals surface area contributed by atoms with Gasteiger partial charge in [-0.15, -0.1) is 0 Å². The van der Waals surface area contributed by atoms with Gasteiger partial charge in [0.15, 0.2) is 0 Å². The van der Waals surface area contributed by atoms with Crippen molar-refractivity contribution in [1.82, 2.24) is 0 Å². The molecule has 3 aliphatic heterocycles. The third-order valence-electron chi connectivity index (χ3n) is 11.0. The molecule has 5 aliphatic rings. The van der Waals surface area contributed by atoms with Gasteiger partial charge in [-0.05, 0) is 85.4 Å². The summed E-state index contributed by atoms with van der Waals surface area (Å²) in [7, 11) is 0. The Hall–Kier alpha value is -5.02. The minimum absolute atomic E-state index is 0.0618. The lowest BCUT2D eigenvalue weighted by Crippen LogP contribution is -2.51. The monoisotopic (exact) mass is 664 g/mol. The summed E-state index contributed by atoms with van der Waals surface area (Å²) in [6.07, 6.45) is 6.05. The number of amides is 4. The molecule has 2 aliphatic carbocycles. The number of ether oxygens (including phenoxy) is 1. The molecule has 3 aromatic carbocycles. The Bertz CT molecular complexity index is 2040. The van der Waals surface area contributed by atoms with Gasteiger partial charge in [0.2, 0.25) is 23.6 Å². The van der Waals surface area contributed by atoms with Crippen LogP contribution in [0, 0.1) is 40.8 Å². The van der Waals surface area contributed by atoms with Gasteiger partial charge < -0.3 is 9.84 Å². The lowest BCUT2D eigenvalue weighted by atomic mass is 9.51. The summed E-state index contributed by atoms with van der Waals surface area (Å²) in [6, 6.07) is 15.6. The first-order valence-corrected chi connectivity index (χ1v) is 16.2. The van der Waals surface area contributed by atoms with E-state index in [0.717, 1.165) is 22.1 Å². The number of carbonyl (C=O) groups excluding carboxylic acids is 4. The van der Waals surface area contributed by atoms with Gasteiger partial charge in [0.05, 0.1) is 45.8 Å². The number of rotatable bonds is 4. The molecule has 0 bridgehead atoms. The molecule has 1 saturated carbocycles. The van der Waals surface area contributed by atoms with Gasteiger partial charge >= 0.3 is 0 Å². The van der Waals surface area contributed by atoms with Crippen molar-refractivity contribution in [3.63, 3.8) is 0 Å². The third kappa shape index (κ3) is 4.19. The molecule has 0 aromatic heterocycles. The maximum atomic E-state index is 14.6. The summed E-state index contributed by atoms with van der Waals surface area (Å²) in [6.45, 7) is 5.54. The van der Waals surface area contributed by atoms with Gasteiger partial charge in [0.1, 0.15) is 17.3 Å². The van der Waals surface area contributed by atoms with E-state index < -0.39 is 52.6 Å². The number of hydrogen-bond donors (Lipinski definition) is 1. The minimum Gasteiger partial charge on any atom is -0.508 e. The van der Waals surface area contributed by atoms with Gasteiger partial charge in [-0.1, -0.05) is 48.0 Å². The molecule has 242 valence electrons. The number of carbonyl (C=O) groups is 4. The normalized spacial score (nSPS) is 29.0. The highest BCUT2D eigenvalue weighted by molar-refractivity contribution is 6.31. The van der Waals surface area contributed by atoms with E-state index in [0.29, 0.717) is 35.4 Å². The predicted octanol–water partition coefficient (Wildman–Crippen LogP) is 6.61. The highest BCUT2D eigenvalue weighted by Crippen LogP contribution is 2.63. The van der Waals surface area contributed by atoms with Crippen LogP contribution in [0.25, 0.3) is 6.08 Å². The average molecular weight is 665 g/mol. The fourth-order valence-corrected chi connectivity index (χ4v) is 8.90. The van der Waals surface area contributed by atoms with Crippen molar-refractivity contribution in [2.45, 2.75) is 26.2 Å².